The molecule has 1 aromatic heterocycles. The minimum absolute atomic E-state index is 0.0162. The maximum Gasteiger partial charge on any atom is 0.376 e. The highest BCUT2D eigenvalue weighted by molar-refractivity contribution is 5.85. The van der Waals surface area contributed by atoms with E-state index in [2.05, 4.69) is 34.0 Å². The van der Waals surface area contributed by atoms with Crippen molar-refractivity contribution in [2.24, 2.45) is 11.8 Å². The van der Waals surface area contributed by atoms with E-state index in [4.69, 9.17) is 4.74 Å². The van der Waals surface area contributed by atoms with Crippen molar-refractivity contribution in [3.05, 3.63) is 17.6 Å². The Kier molecular flexibility index (Phi) is 3.36. The monoisotopic (exact) mass is 290 g/mol. The van der Waals surface area contributed by atoms with Crippen molar-refractivity contribution < 1.29 is 9.53 Å². The second-order valence-corrected chi connectivity index (χ2v) is 6.47. The van der Waals surface area contributed by atoms with Gasteiger partial charge in [0.15, 0.2) is 0 Å². The van der Waals surface area contributed by atoms with Gasteiger partial charge < -0.3 is 15.0 Å². The Morgan fingerprint density at radius 2 is 2.19 bits per heavy atom. The number of carbonyl (C=O) groups excluding carboxylic acids is 1. The molecule has 0 aliphatic carbocycles. The largest absolute Gasteiger partial charge is 0.463 e. The lowest BCUT2D eigenvalue weighted by Crippen LogP contribution is -2.45. The van der Waals surface area contributed by atoms with Crippen molar-refractivity contribution in [3.63, 3.8) is 0 Å². The minimum Gasteiger partial charge on any atom is -0.463 e. The van der Waals surface area contributed by atoms with Crippen LogP contribution in [0, 0.1) is 18.8 Å². The molecule has 2 fully saturated rings. The summed E-state index contributed by atoms with van der Waals surface area (Å²) in [4.78, 5) is 22.6. The topological polar surface area (TPSA) is 67.3 Å². The number of aryl methyl sites for hydroxylation is 1. The lowest BCUT2D eigenvalue weighted by Gasteiger charge is -2.36. The summed E-state index contributed by atoms with van der Waals surface area (Å²) >= 11 is 0. The first-order valence-electron chi connectivity index (χ1n) is 7.36. The van der Waals surface area contributed by atoms with E-state index in [-0.39, 0.29) is 11.4 Å². The highest BCUT2D eigenvalue weighted by Gasteiger charge is 2.50. The number of aromatic nitrogens is 2. The predicted octanol–water partition coefficient (Wildman–Crippen LogP) is 1.01. The Morgan fingerprint density at radius 3 is 2.86 bits per heavy atom. The zero-order valence-electron chi connectivity index (χ0n) is 13.0. The van der Waals surface area contributed by atoms with Gasteiger partial charge in [-0.25, -0.2) is 14.8 Å². The number of anilines is 1. The SMILES string of the molecule is COC(=O)c1nc(C)cc(N2CC3CNCC3C2(C)C)n1. The number of nitrogens with one attached hydrogen (secondary N) is 1. The lowest BCUT2D eigenvalue weighted by atomic mass is 9.85. The molecule has 0 amide bonds. The lowest BCUT2D eigenvalue weighted by molar-refractivity contribution is 0.0586. The summed E-state index contributed by atoms with van der Waals surface area (Å²) in [5, 5.41) is 3.47. The highest BCUT2D eigenvalue weighted by Crippen LogP contribution is 2.42. The van der Waals surface area contributed by atoms with E-state index >= 15 is 0 Å². The number of methoxy groups -OCH3 is 1. The fourth-order valence-corrected chi connectivity index (χ4v) is 3.68. The number of esters is 1. The van der Waals surface area contributed by atoms with Crippen LogP contribution in [-0.4, -0.2) is 48.2 Å². The first-order valence-corrected chi connectivity index (χ1v) is 7.36. The van der Waals surface area contributed by atoms with Crippen LogP contribution in [-0.2, 0) is 4.74 Å². The average molecular weight is 290 g/mol. The van der Waals surface area contributed by atoms with Gasteiger partial charge in [-0.15, -0.1) is 0 Å². The van der Waals surface area contributed by atoms with E-state index < -0.39 is 5.97 Å². The summed E-state index contributed by atoms with van der Waals surface area (Å²) in [7, 11) is 1.35. The molecular formula is C15H22N4O2. The Morgan fingerprint density at radius 1 is 1.43 bits per heavy atom. The second-order valence-electron chi connectivity index (χ2n) is 6.47. The molecule has 3 rings (SSSR count). The van der Waals surface area contributed by atoms with E-state index in [1.54, 1.807) is 0 Å². The van der Waals surface area contributed by atoms with Crippen LogP contribution in [0.3, 0.4) is 0 Å². The fourth-order valence-electron chi connectivity index (χ4n) is 3.68. The van der Waals surface area contributed by atoms with Crippen LogP contribution in [0.15, 0.2) is 6.07 Å². The third-order valence-electron chi connectivity index (χ3n) is 4.85. The van der Waals surface area contributed by atoms with Crippen molar-refractivity contribution in [3.8, 4) is 0 Å². The van der Waals surface area contributed by atoms with E-state index in [9.17, 15) is 4.79 Å². The van der Waals surface area contributed by atoms with Gasteiger partial charge in [-0.3, -0.25) is 0 Å². The van der Waals surface area contributed by atoms with Gasteiger partial charge in [0.05, 0.1) is 7.11 Å². The minimum atomic E-state index is -0.487. The molecule has 2 atom stereocenters. The van der Waals surface area contributed by atoms with E-state index in [1.807, 2.05) is 13.0 Å². The molecule has 1 aromatic rings. The van der Waals surface area contributed by atoms with Crippen LogP contribution in [0.2, 0.25) is 0 Å². The van der Waals surface area contributed by atoms with Crippen LogP contribution in [0.4, 0.5) is 5.82 Å². The molecule has 0 bridgehead atoms. The molecule has 3 heterocycles. The van der Waals surface area contributed by atoms with Gasteiger partial charge in [0.2, 0.25) is 5.82 Å². The van der Waals surface area contributed by atoms with Crippen LogP contribution in [0.25, 0.3) is 0 Å². The first kappa shape index (κ1) is 14.3. The van der Waals surface area contributed by atoms with Gasteiger partial charge in [-0.1, -0.05) is 0 Å². The smallest absolute Gasteiger partial charge is 0.376 e. The molecule has 114 valence electrons. The highest BCUT2D eigenvalue weighted by atomic mass is 16.5. The molecule has 2 aliphatic heterocycles. The van der Waals surface area contributed by atoms with Crippen LogP contribution in [0.5, 0.6) is 0 Å². The summed E-state index contributed by atoms with van der Waals surface area (Å²) in [6, 6.07) is 1.95. The standard InChI is InChI=1S/C15H22N4O2/c1-9-5-12(18-13(17-9)14(20)21-4)19-8-10-6-16-7-11(10)15(19,2)3/h5,10-11,16H,6-8H2,1-4H3. The molecule has 2 aliphatic rings. The summed E-state index contributed by atoms with van der Waals surface area (Å²) in [5.41, 5.74) is 0.800. The van der Waals surface area contributed by atoms with Crippen LogP contribution >= 0.6 is 0 Å². The molecule has 0 spiro atoms. The van der Waals surface area contributed by atoms with E-state index in [1.165, 1.54) is 7.11 Å². The molecule has 6 nitrogen and oxygen atoms in total. The Balaban J connectivity index is 1.97. The summed E-state index contributed by atoms with van der Waals surface area (Å²) in [5.74, 6) is 1.71. The zero-order chi connectivity index (χ0) is 15.2. The third kappa shape index (κ3) is 2.27. The molecule has 6 heteroatoms. The van der Waals surface area contributed by atoms with Gasteiger partial charge >= 0.3 is 5.97 Å². The predicted molar refractivity (Wildman–Crippen MR) is 79.4 cm³/mol. The summed E-state index contributed by atoms with van der Waals surface area (Å²) in [6.07, 6.45) is 0. The van der Waals surface area contributed by atoms with Crippen molar-refractivity contribution in [1.29, 1.82) is 0 Å². The molecule has 0 radical (unpaired) electrons. The molecule has 2 unspecified atom stereocenters. The van der Waals surface area contributed by atoms with E-state index in [0.717, 1.165) is 31.1 Å². The molecule has 0 saturated carbocycles. The van der Waals surface area contributed by atoms with Gasteiger partial charge in [0.1, 0.15) is 5.82 Å². The van der Waals surface area contributed by atoms with Gasteiger partial charge in [0.25, 0.3) is 0 Å². The number of hydrogen-bond donors (Lipinski definition) is 1. The number of nitrogens with zero attached hydrogens (tertiary/aromatic N) is 3. The normalized spacial score (nSPS) is 26.8. The maximum absolute atomic E-state index is 11.7. The zero-order valence-corrected chi connectivity index (χ0v) is 13.0. The number of ether oxygens (including phenoxy) is 1. The van der Waals surface area contributed by atoms with Gasteiger partial charge in [0, 0.05) is 36.9 Å². The van der Waals surface area contributed by atoms with E-state index in [0.29, 0.717) is 11.8 Å². The number of hydrogen-bond acceptors (Lipinski definition) is 6. The van der Waals surface area contributed by atoms with Crippen molar-refractivity contribution in [2.75, 3.05) is 31.6 Å². The van der Waals surface area contributed by atoms with Gasteiger partial charge in [-0.2, -0.15) is 0 Å². The Labute approximate surface area is 124 Å². The van der Waals surface area contributed by atoms with Crippen LogP contribution < -0.4 is 10.2 Å². The molecule has 0 aromatic carbocycles. The van der Waals surface area contributed by atoms with Crippen molar-refractivity contribution in [1.82, 2.24) is 15.3 Å². The van der Waals surface area contributed by atoms with Crippen molar-refractivity contribution in [2.45, 2.75) is 26.3 Å². The first-order chi connectivity index (χ1) is 9.93. The second kappa shape index (κ2) is 4.94. The Bertz CT molecular complexity index is 573. The van der Waals surface area contributed by atoms with Crippen molar-refractivity contribution >= 4 is 11.8 Å². The number of carbonyl (C=O) groups is 1. The summed E-state index contributed by atoms with van der Waals surface area (Å²) in [6.45, 7) is 9.44. The average Bonchev–Trinajstić information content (AvgIpc) is 2.99. The molecular weight excluding hydrogens is 268 g/mol. The molecule has 1 N–H and O–H groups in total. The molecule has 21 heavy (non-hydrogen) atoms. The number of rotatable bonds is 2. The Hall–Kier alpha value is -1.69. The van der Waals surface area contributed by atoms with Crippen LogP contribution in [0.1, 0.15) is 30.2 Å². The number of fused-ring (bicyclic) bond motifs is 1. The quantitative estimate of drug-likeness (QED) is 0.820. The van der Waals surface area contributed by atoms with Gasteiger partial charge in [-0.05, 0) is 32.6 Å². The molecule has 2 saturated heterocycles. The fraction of sp³-hybridized carbons (Fsp3) is 0.667. The summed E-state index contributed by atoms with van der Waals surface area (Å²) < 4.78 is 4.74. The maximum atomic E-state index is 11.7. The third-order valence-corrected chi connectivity index (χ3v) is 4.85.